The third-order valence-electron chi connectivity index (χ3n) is 2.01. The highest BCUT2D eigenvalue weighted by Gasteiger charge is 2.29. The maximum Gasteiger partial charge on any atom is 0.422 e. The first-order valence-corrected chi connectivity index (χ1v) is 4.79. The molecule has 0 atom stereocenters. The molecular formula is C11H12F4O. The highest BCUT2D eigenvalue weighted by Crippen LogP contribution is 2.27. The molecular weight excluding hydrogens is 224 g/mol. The summed E-state index contributed by atoms with van der Waals surface area (Å²) in [5.41, 5.74) is 0.347. The standard InChI is InChI=1S/C11H12F4O/c1-7(2)8-4-3-5-9(10(8)12)16-6-11(13,14)15/h3-5,7H,6H2,1-2H3. The van der Waals surface area contributed by atoms with E-state index in [9.17, 15) is 17.6 Å². The molecule has 0 N–H and O–H groups in total. The summed E-state index contributed by atoms with van der Waals surface area (Å²) in [6.07, 6.45) is -4.46. The van der Waals surface area contributed by atoms with Crippen molar-refractivity contribution in [1.82, 2.24) is 0 Å². The van der Waals surface area contributed by atoms with Crippen LogP contribution >= 0.6 is 0 Å². The fourth-order valence-corrected chi connectivity index (χ4v) is 1.24. The Morgan fingerprint density at radius 1 is 1.25 bits per heavy atom. The van der Waals surface area contributed by atoms with Crippen LogP contribution in [0.4, 0.5) is 17.6 Å². The molecule has 0 aromatic heterocycles. The minimum Gasteiger partial charge on any atom is -0.481 e. The number of rotatable bonds is 3. The van der Waals surface area contributed by atoms with Crippen LogP contribution in [-0.4, -0.2) is 12.8 Å². The van der Waals surface area contributed by atoms with E-state index in [-0.39, 0.29) is 11.7 Å². The lowest BCUT2D eigenvalue weighted by Crippen LogP contribution is -2.19. The van der Waals surface area contributed by atoms with Crippen LogP contribution in [0.2, 0.25) is 0 Å². The van der Waals surface area contributed by atoms with Crippen molar-refractivity contribution in [3.05, 3.63) is 29.6 Å². The summed E-state index contributed by atoms with van der Waals surface area (Å²) in [5.74, 6) is -1.18. The van der Waals surface area contributed by atoms with Gasteiger partial charge in [0.1, 0.15) is 0 Å². The predicted octanol–water partition coefficient (Wildman–Crippen LogP) is 3.89. The summed E-state index contributed by atoms with van der Waals surface area (Å²) < 4.78 is 53.7. The van der Waals surface area contributed by atoms with Crippen LogP contribution in [0.15, 0.2) is 18.2 Å². The molecule has 0 amide bonds. The van der Waals surface area contributed by atoms with Gasteiger partial charge >= 0.3 is 6.18 Å². The molecule has 90 valence electrons. The van der Waals surface area contributed by atoms with Gasteiger partial charge in [-0.15, -0.1) is 0 Å². The topological polar surface area (TPSA) is 9.23 Å². The second kappa shape index (κ2) is 4.72. The normalized spacial score (nSPS) is 11.9. The molecule has 0 unspecified atom stereocenters. The van der Waals surface area contributed by atoms with Crippen LogP contribution < -0.4 is 4.74 Å². The van der Waals surface area contributed by atoms with E-state index < -0.39 is 18.6 Å². The summed E-state index contributed by atoms with van der Waals surface area (Å²) >= 11 is 0. The third kappa shape index (κ3) is 3.40. The van der Waals surface area contributed by atoms with Gasteiger partial charge in [-0.05, 0) is 17.5 Å². The van der Waals surface area contributed by atoms with Gasteiger partial charge in [0.15, 0.2) is 18.2 Å². The van der Waals surface area contributed by atoms with E-state index in [2.05, 4.69) is 4.74 Å². The molecule has 1 nitrogen and oxygen atoms in total. The van der Waals surface area contributed by atoms with Crippen molar-refractivity contribution in [3.63, 3.8) is 0 Å². The van der Waals surface area contributed by atoms with E-state index >= 15 is 0 Å². The lowest BCUT2D eigenvalue weighted by Gasteiger charge is -2.13. The van der Waals surface area contributed by atoms with Gasteiger partial charge in [0.05, 0.1) is 0 Å². The third-order valence-corrected chi connectivity index (χ3v) is 2.01. The Bertz CT molecular complexity index is 357. The Morgan fingerprint density at radius 3 is 2.38 bits per heavy atom. The average Bonchev–Trinajstić information content (AvgIpc) is 2.14. The lowest BCUT2D eigenvalue weighted by atomic mass is 10.0. The fourth-order valence-electron chi connectivity index (χ4n) is 1.24. The molecule has 1 aromatic rings. The molecule has 0 fully saturated rings. The van der Waals surface area contributed by atoms with E-state index in [0.29, 0.717) is 5.56 Å². The van der Waals surface area contributed by atoms with Gasteiger partial charge in [0.25, 0.3) is 0 Å². The van der Waals surface area contributed by atoms with Crippen LogP contribution in [0.1, 0.15) is 25.3 Å². The van der Waals surface area contributed by atoms with Crippen LogP contribution in [0.3, 0.4) is 0 Å². The van der Waals surface area contributed by atoms with Crippen molar-refractivity contribution < 1.29 is 22.3 Å². The summed E-state index contributed by atoms with van der Waals surface area (Å²) in [6.45, 7) is 2.03. The molecule has 1 aromatic carbocycles. The summed E-state index contributed by atoms with van der Waals surface area (Å²) in [5, 5.41) is 0. The molecule has 0 aliphatic rings. The average molecular weight is 236 g/mol. The maximum absolute atomic E-state index is 13.6. The van der Waals surface area contributed by atoms with Crippen molar-refractivity contribution in [2.24, 2.45) is 0 Å². The van der Waals surface area contributed by atoms with Gasteiger partial charge in [-0.3, -0.25) is 0 Å². The van der Waals surface area contributed by atoms with Gasteiger partial charge in [-0.2, -0.15) is 13.2 Å². The van der Waals surface area contributed by atoms with Crippen LogP contribution in [-0.2, 0) is 0 Å². The summed E-state index contributed by atoms with van der Waals surface area (Å²) in [6, 6.07) is 4.19. The maximum atomic E-state index is 13.6. The molecule has 0 saturated carbocycles. The molecule has 0 spiro atoms. The first kappa shape index (κ1) is 12.8. The Hall–Kier alpha value is -1.26. The smallest absolute Gasteiger partial charge is 0.422 e. The monoisotopic (exact) mass is 236 g/mol. The van der Waals surface area contributed by atoms with E-state index in [1.165, 1.54) is 18.2 Å². The Kier molecular flexibility index (Phi) is 3.78. The number of benzene rings is 1. The number of alkyl halides is 3. The highest BCUT2D eigenvalue weighted by atomic mass is 19.4. The van der Waals surface area contributed by atoms with Gasteiger partial charge in [-0.1, -0.05) is 26.0 Å². The molecule has 0 radical (unpaired) electrons. The number of hydrogen-bond donors (Lipinski definition) is 0. The molecule has 0 bridgehead atoms. The Labute approximate surface area is 91.0 Å². The van der Waals surface area contributed by atoms with Gasteiger partial charge < -0.3 is 4.74 Å². The van der Waals surface area contributed by atoms with Crippen LogP contribution in [0, 0.1) is 5.82 Å². The lowest BCUT2D eigenvalue weighted by molar-refractivity contribution is -0.153. The SMILES string of the molecule is CC(C)c1cccc(OCC(F)(F)F)c1F. The van der Waals surface area contributed by atoms with E-state index in [0.717, 1.165) is 0 Å². The van der Waals surface area contributed by atoms with Crippen molar-refractivity contribution in [1.29, 1.82) is 0 Å². The number of halogens is 4. The first-order valence-electron chi connectivity index (χ1n) is 4.79. The Morgan fingerprint density at radius 2 is 1.88 bits per heavy atom. The molecule has 0 saturated heterocycles. The van der Waals surface area contributed by atoms with Crippen molar-refractivity contribution in [2.45, 2.75) is 25.9 Å². The largest absolute Gasteiger partial charge is 0.481 e. The molecule has 5 heteroatoms. The molecule has 0 aliphatic heterocycles. The van der Waals surface area contributed by atoms with E-state index in [1.807, 2.05) is 0 Å². The molecule has 0 heterocycles. The first-order chi connectivity index (χ1) is 7.31. The highest BCUT2D eigenvalue weighted by molar-refractivity contribution is 5.32. The molecule has 16 heavy (non-hydrogen) atoms. The fraction of sp³-hybridized carbons (Fsp3) is 0.455. The van der Waals surface area contributed by atoms with Gasteiger partial charge in [-0.25, -0.2) is 4.39 Å². The van der Waals surface area contributed by atoms with E-state index in [1.54, 1.807) is 13.8 Å². The van der Waals surface area contributed by atoms with Crippen molar-refractivity contribution in [3.8, 4) is 5.75 Å². The second-order valence-electron chi connectivity index (χ2n) is 3.72. The van der Waals surface area contributed by atoms with Gasteiger partial charge in [0.2, 0.25) is 0 Å². The number of ether oxygens (including phenoxy) is 1. The minimum atomic E-state index is -4.46. The van der Waals surface area contributed by atoms with Crippen LogP contribution in [0.5, 0.6) is 5.75 Å². The van der Waals surface area contributed by atoms with Crippen LogP contribution in [0.25, 0.3) is 0 Å². The van der Waals surface area contributed by atoms with Crippen molar-refractivity contribution in [2.75, 3.05) is 6.61 Å². The summed E-state index contributed by atoms with van der Waals surface area (Å²) in [7, 11) is 0. The Balaban J connectivity index is 2.85. The quantitative estimate of drug-likeness (QED) is 0.723. The van der Waals surface area contributed by atoms with Gasteiger partial charge in [0, 0.05) is 0 Å². The zero-order valence-electron chi connectivity index (χ0n) is 8.94. The minimum absolute atomic E-state index is 0.102. The predicted molar refractivity (Wildman–Crippen MR) is 52.0 cm³/mol. The zero-order chi connectivity index (χ0) is 12.3. The zero-order valence-corrected chi connectivity index (χ0v) is 8.94. The molecule has 1 rings (SSSR count). The van der Waals surface area contributed by atoms with E-state index in [4.69, 9.17) is 0 Å². The summed E-state index contributed by atoms with van der Waals surface area (Å²) in [4.78, 5) is 0. The molecule has 0 aliphatic carbocycles. The second-order valence-corrected chi connectivity index (χ2v) is 3.72. The number of hydrogen-bond acceptors (Lipinski definition) is 1. The van der Waals surface area contributed by atoms with Crippen molar-refractivity contribution >= 4 is 0 Å².